The molecule has 1 aliphatic rings. The third-order valence-corrected chi connectivity index (χ3v) is 13.2. The van der Waals surface area contributed by atoms with Crippen molar-refractivity contribution in [1.82, 2.24) is 19.2 Å². The number of hydrogen-bond donors (Lipinski definition) is 0. The Morgan fingerprint density at radius 2 is 1.27 bits per heavy atom. The molecule has 1 atom stereocenters. The third kappa shape index (κ3) is 6.67. The molecule has 49 heavy (non-hydrogen) atoms. The Bertz CT molecular complexity index is 2300. The number of pyridine rings is 2. The monoisotopic (exact) mass is 691 g/mol. The van der Waals surface area contributed by atoms with Crippen LogP contribution in [0.15, 0.2) is 143 Å². The van der Waals surface area contributed by atoms with Crippen LogP contribution in [-0.2, 0) is 26.3 Å². The number of fused-ring (bicyclic) bond motifs is 2. The van der Waals surface area contributed by atoms with Gasteiger partial charge in [-0.25, -0.2) is 16.8 Å². The van der Waals surface area contributed by atoms with Gasteiger partial charge >= 0.3 is 0 Å². The van der Waals surface area contributed by atoms with E-state index < -0.39 is 25.9 Å². The highest BCUT2D eigenvalue weighted by Gasteiger charge is 2.32. The van der Waals surface area contributed by atoms with E-state index in [0.717, 1.165) is 42.5 Å². The molecule has 0 N–H and O–H groups in total. The van der Waals surface area contributed by atoms with Crippen LogP contribution in [0.4, 0.5) is 5.69 Å². The predicted octanol–water partition coefficient (Wildman–Crippen LogP) is 5.67. The lowest BCUT2D eigenvalue weighted by Gasteiger charge is -2.39. The van der Waals surface area contributed by atoms with Gasteiger partial charge in [0.1, 0.15) is 0 Å². The summed E-state index contributed by atoms with van der Waals surface area (Å²) in [7, 11) is -6.07. The molecule has 3 heterocycles. The Balaban J connectivity index is 1.17. The van der Waals surface area contributed by atoms with Crippen molar-refractivity contribution in [3.05, 3.63) is 133 Å². The number of aromatic nitrogens is 2. The Morgan fingerprint density at radius 1 is 0.673 bits per heavy atom. The van der Waals surface area contributed by atoms with Gasteiger partial charge in [-0.2, -0.15) is 4.31 Å². The predicted molar refractivity (Wildman–Crippen MR) is 193 cm³/mol. The number of piperazine rings is 1. The first-order chi connectivity index (χ1) is 23.7. The first-order valence-electron chi connectivity index (χ1n) is 16.2. The zero-order chi connectivity index (χ0) is 34.0. The summed E-state index contributed by atoms with van der Waals surface area (Å²) in [6.07, 6.45) is 6.92. The fourth-order valence-electron chi connectivity index (χ4n) is 6.63. The van der Waals surface area contributed by atoms with Crippen molar-refractivity contribution in [2.75, 3.05) is 44.7 Å². The van der Waals surface area contributed by atoms with Crippen LogP contribution in [0, 0.1) is 0 Å². The molecule has 0 bridgehead atoms. The summed E-state index contributed by atoms with van der Waals surface area (Å²) >= 11 is 0. The van der Waals surface area contributed by atoms with E-state index in [2.05, 4.69) is 31.9 Å². The molecule has 0 amide bonds. The molecule has 0 saturated carbocycles. The zero-order valence-corrected chi connectivity index (χ0v) is 28.8. The molecule has 6 aromatic rings. The number of rotatable bonds is 10. The first kappa shape index (κ1) is 32.8. The van der Waals surface area contributed by atoms with Crippen molar-refractivity contribution in [1.29, 1.82) is 0 Å². The molecule has 1 saturated heterocycles. The molecule has 0 aliphatic carbocycles. The molecule has 4 aromatic carbocycles. The van der Waals surface area contributed by atoms with E-state index in [9.17, 15) is 16.8 Å². The normalized spacial score (nSPS) is 15.2. The van der Waals surface area contributed by atoms with Gasteiger partial charge < -0.3 is 4.90 Å². The average molecular weight is 692 g/mol. The summed E-state index contributed by atoms with van der Waals surface area (Å²) in [5.41, 5.74) is 2.03. The van der Waals surface area contributed by atoms with Gasteiger partial charge in [0.2, 0.25) is 19.9 Å². The summed E-state index contributed by atoms with van der Waals surface area (Å²) < 4.78 is 57.6. The molecular formula is C38H37N5O4S2. The summed E-state index contributed by atoms with van der Waals surface area (Å²) in [6, 6.07) is 30.6. The van der Waals surface area contributed by atoms with Crippen LogP contribution < -0.4 is 4.90 Å². The van der Waals surface area contributed by atoms with E-state index in [1.807, 2.05) is 30.3 Å². The number of likely N-dealkylation sites (N-methyl/N-ethyl adjacent to an activating group) is 1. The lowest BCUT2D eigenvalue weighted by molar-refractivity contribution is 0.201. The molecular weight excluding hydrogens is 655 g/mol. The minimum Gasteiger partial charge on any atom is -0.369 e. The van der Waals surface area contributed by atoms with Crippen molar-refractivity contribution in [3.63, 3.8) is 0 Å². The maximum absolute atomic E-state index is 14.3. The zero-order valence-electron chi connectivity index (χ0n) is 27.1. The molecule has 250 valence electrons. The summed E-state index contributed by atoms with van der Waals surface area (Å²) in [6.45, 7) is 3.77. The second-order valence-corrected chi connectivity index (χ2v) is 16.2. The molecule has 0 radical (unpaired) electrons. The summed E-state index contributed by atoms with van der Waals surface area (Å²) in [5, 5.41) is 2.74. The van der Waals surface area contributed by atoms with Gasteiger partial charge in [0.15, 0.2) is 0 Å². The molecule has 7 rings (SSSR count). The van der Waals surface area contributed by atoms with E-state index in [-0.39, 0.29) is 14.7 Å². The maximum Gasteiger partial charge on any atom is 0.243 e. The first-order valence-corrected chi connectivity index (χ1v) is 19.1. The van der Waals surface area contributed by atoms with Crippen LogP contribution >= 0.6 is 0 Å². The SMILES string of the molecule is CN([C@@H](Cc1ccc(S(=O)(=O)c2cccc3cnccc23)cc1)CN1CCN(c2ccccc2)CC1)S(=O)(=O)c1cccc2cnccc12. The molecule has 11 heteroatoms. The molecule has 1 aliphatic heterocycles. The van der Waals surface area contributed by atoms with Gasteiger partial charge in [-0.1, -0.05) is 54.6 Å². The van der Waals surface area contributed by atoms with Crippen molar-refractivity contribution in [2.45, 2.75) is 27.1 Å². The van der Waals surface area contributed by atoms with Crippen molar-refractivity contribution in [3.8, 4) is 0 Å². The van der Waals surface area contributed by atoms with Crippen molar-refractivity contribution >= 4 is 47.1 Å². The quantitative estimate of drug-likeness (QED) is 0.181. The summed E-state index contributed by atoms with van der Waals surface area (Å²) in [5.74, 6) is 0. The van der Waals surface area contributed by atoms with Gasteiger partial charge in [0, 0.05) is 97.8 Å². The Hall–Kier alpha value is -4.68. The number of hydrogen-bond acceptors (Lipinski definition) is 8. The average Bonchev–Trinajstić information content (AvgIpc) is 3.14. The van der Waals surface area contributed by atoms with Crippen LogP contribution in [0.3, 0.4) is 0 Å². The number of anilines is 1. The Morgan fingerprint density at radius 3 is 1.90 bits per heavy atom. The number of sulfone groups is 1. The number of sulfonamides is 1. The summed E-state index contributed by atoms with van der Waals surface area (Å²) in [4.78, 5) is 13.6. The maximum atomic E-state index is 14.3. The molecule has 9 nitrogen and oxygen atoms in total. The number of nitrogens with zero attached hydrogens (tertiary/aromatic N) is 5. The lowest BCUT2D eigenvalue weighted by atomic mass is 10.1. The molecule has 0 spiro atoms. The Kier molecular flexibility index (Phi) is 9.17. The third-order valence-electron chi connectivity index (χ3n) is 9.41. The highest BCUT2D eigenvalue weighted by atomic mass is 32.2. The highest BCUT2D eigenvalue weighted by molar-refractivity contribution is 7.91. The van der Waals surface area contributed by atoms with Gasteiger partial charge in [0.05, 0.1) is 14.7 Å². The minimum atomic E-state index is -3.91. The second kappa shape index (κ2) is 13.7. The second-order valence-electron chi connectivity index (χ2n) is 12.4. The van der Waals surface area contributed by atoms with E-state index in [1.165, 1.54) is 9.99 Å². The highest BCUT2D eigenvalue weighted by Crippen LogP contribution is 2.30. The molecule has 2 aromatic heterocycles. The van der Waals surface area contributed by atoms with Crippen LogP contribution in [0.25, 0.3) is 21.5 Å². The van der Waals surface area contributed by atoms with Crippen molar-refractivity contribution in [2.24, 2.45) is 0 Å². The fraction of sp³-hybridized carbons (Fsp3) is 0.211. The van der Waals surface area contributed by atoms with Crippen molar-refractivity contribution < 1.29 is 16.8 Å². The minimum absolute atomic E-state index is 0.180. The largest absolute Gasteiger partial charge is 0.369 e. The number of para-hydroxylation sites is 1. The van der Waals surface area contributed by atoms with Gasteiger partial charge in [-0.15, -0.1) is 0 Å². The van der Waals surface area contributed by atoms with Crippen LogP contribution in [0.5, 0.6) is 0 Å². The van der Waals surface area contributed by atoms with Gasteiger partial charge in [0.25, 0.3) is 0 Å². The van der Waals surface area contributed by atoms with Gasteiger partial charge in [-0.05, 0) is 60.5 Å². The van der Waals surface area contributed by atoms with E-state index in [4.69, 9.17) is 0 Å². The number of benzene rings is 4. The fourth-order valence-corrected chi connectivity index (χ4v) is 9.67. The van der Waals surface area contributed by atoms with E-state index >= 15 is 0 Å². The standard InChI is InChI=1S/C38H37N5O4S2/c1-41(49(46,47)38-12-6-8-31-27-40-20-18-36(31)38)33(28-42-21-23-43(24-22-42)32-9-3-2-4-10-32)25-29-13-15-34(16-14-29)48(44,45)37-11-5-7-30-26-39-19-17-35(30)37/h2-20,26-27,33H,21-25,28H2,1H3/t33-/m0/s1. The van der Waals surface area contributed by atoms with E-state index in [1.54, 1.807) is 92.5 Å². The van der Waals surface area contributed by atoms with Gasteiger partial charge in [-0.3, -0.25) is 14.9 Å². The van der Waals surface area contributed by atoms with Crippen LogP contribution in [-0.4, -0.2) is 81.8 Å². The topological polar surface area (TPSA) is 104 Å². The van der Waals surface area contributed by atoms with Crippen LogP contribution in [0.2, 0.25) is 0 Å². The van der Waals surface area contributed by atoms with E-state index in [0.29, 0.717) is 23.7 Å². The molecule has 1 fully saturated rings. The smallest absolute Gasteiger partial charge is 0.243 e. The van der Waals surface area contributed by atoms with Crippen LogP contribution in [0.1, 0.15) is 5.56 Å². The lowest BCUT2D eigenvalue weighted by Crippen LogP contribution is -2.52. The molecule has 0 unspecified atom stereocenters. The Labute approximate surface area is 287 Å².